The maximum absolute atomic E-state index is 12.5. The van der Waals surface area contributed by atoms with Crippen LogP contribution in [0.1, 0.15) is 20.0 Å². The second-order valence-corrected chi connectivity index (χ2v) is 8.90. The molecule has 6 nitrogen and oxygen atoms in total. The summed E-state index contributed by atoms with van der Waals surface area (Å²) >= 11 is 8.16. The number of ether oxygens (including phenoxy) is 2. The minimum absolute atomic E-state index is 0.0914. The van der Waals surface area contributed by atoms with E-state index in [2.05, 4.69) is 5.32 Å². The van der Waals surface area contributed by atoms with E-state index in [9.17, 15) is 14.4 Å². The average Bonchev–Trinajstić information content (AvgIpc) is 3.22. The molecule has 0 spiro atoms. The van der Waals surface area contributed by atoms with Crippen molar-refractivity contribution >= 4 is 58.0 Å². The zero-order valence-electron chi connectivity index (χ0n) is 16.4. The lowest BCUT2D eigenvalue weighted by molar-refractivity contribution is -0.113. The smallest absolute Gasteiger partial charge is 0.339 e. The molecule has 0 aliphatic rings. The van der Waals surface area contributed by atoms with Gasteiger partial charge in [-0.15, -0.1) is 23.1 Å². The van der Waals surface area contributed by atoms with Crippen molar-refractivity contribution < 1.29 is 23.9 Å². The third-order valence-electron chi connectivity index (χ3n) is 4.00. The first kappa shape index (κ1) is 22.9. The molecule has 9 heteroatoms. The number of halogens is 1. The van der Waals surface area contributed by atoms with Gasteiger partial charge in [-0.05, 0) is 36.4 Å². The molecule has 0 fully saturated rings. The van der Waals surface area contributed by atoms with E-state index in [4.69, 9.17) is 21.1 Å². The van der Waals surface area contributed by atoms with Crippen LogP contribution in [0.3, 0.4) is 0 Å². The van der Waals surface area contributed by atoms with Crippen LogP contribution in [0.15, 0.2) is 65.6 Å². The summed E-state index contributed by atoms with van der Waals surface area (Å²) in [5.41, 5.74) is 0.906. The van der Waals surface area contributed by atoms with E-state index < -0.39 is 5.97 Å². The molecule has 1 N–H and O–H groups in total. The molecule has 0 bridgehead atoms. The van der Waals surface area contributed by atoms with Crippen molar-refractivity contribution in [1.29, 1.82) is 0 Å². The molecule has 1 amide bonds. The second kappa shape index (κ2) is 11.0. The number of carbonyl (C=O) groups is 3. The fourth-order valence-corrected chi connectivity index (χ4v) is 4.35. The molecule has 0 aliphatic heterocycles. The van der Waals surface area contributed by atoms with Gasteiger partial charge < -0.3 is 14.8 Å². The number of thioether (sulfide) groups is 1. The molecule has 3 rings (SSSR count). The van der Waals surface area contributed by atoms with Gasteiger partial charge in [-0.1, -0.05) is 29.8 Å². The van der Waals surface area contributed by atoms with Crippen LogP contribution in [0, 0.1) is 0 Å². The summed E-state index contributed by atoms with van der Waals surface area (Å²) in [4.78, 5) is 37.9. The topological polar surface area (TPSA) is 81.7 Å². The first-order valence-electron chi connectivity index (χ1n) is 9.07. The van der Waals surface area contributed by atoms with Gasteiger partial charge in [-0.2, -0.15) is 0 Å². The lowest BCUT2D eigenvalue weighted by Crippen LogP contribution is -2.16. The maximum atomic E-state index is 12.5. The third kappa shape index (κ3) is 6.58. The number of amides is 1. The molecular weight excluding hydrogens is 458 g/mol. The number of carbonyl (C=O) groups excluding carboxylic acids is 3. The van der Waals surface area contributed by atoms with Crippen molar-refractivity contribution in [3.63, 3.8) is 0 Å². The van der Waals surface area contributed by atoms with E-state index in [-0.39, 0.29) is 24.1 Å². The van der Waals surface area contributed by atoms with Gasteiger partial charge in [0.25, 0.3) is 0 Å². The molecule has 0 unspecified atom stereocenters. The van der Waals surface area contributed by atoms with Gasteiger partial charge in [0.1, 0.15) is 5.75 Å². The van der Waals surface area contributed by atoms with E-state index in [1.807, 2.05) is 0 Å². The number of benzene rings is 2. The van der Waals surface area contributed by atoms with Gasteiger partial charge in [-0.25, -0.2) is 4.79 Å². The predicted molar refractivity (Wildman–Crippen MR) is 123 cm³/mol. The number of rotatable bonds is 9. The minimum Gasteiger partial charge on any atom is -0.497 e. The summed E-state index contributed by atoms with van der Waals surface area (Å²) in [7, 11) is 1.55. The molecule has 1 heterocycles. The van der Waals surface area contributed by atoms with Gasteiger partial charge >= 0.3 is 5.97 Å². The lowest BCUT2D eigenvalue weighted by Gasteiger charge is -2.10. The van der Waals surface area contributed by atoms with E-state index in [0.29, 0.717) is 31.1 Å². The van der Waals surface area contributed by atoms with Crippen molar-refractivity contribution in [2.45, 2.75) is 4.90 Å². The maximum Gasteiger partial charge on any atom is 0.339 e. The standard InChI is InChI=1S/C22H18ClNO5S2/c1-28-15-6-4-5-14(11-15)24-21(26)13-30-18-8-3-2-7-16(18)22(27)29-12-17(25)19-9-10-20(23)31-19/h2-11H,12-13H2,1H3,(H,24,26). The molecular formula is C22H18ClNO5S2. The van der Waals surface area contributed by atoms with Crippen LogP contribution >= 0.6 is 34.7 Å². The Morgan fingerprint density at radius 1 is 1.06 bits per heavy atom. The van der Waals surface area contributed by atoms with Crippen molar-refractivity contribution in [1.82, 2.24) is 0 Å². The van der Waals surface area contributed by atoms with Crippen LogP contribution in [0.4, 0.5) is 5.69 Å². The molecule has 0 radical (unpaired) electrons. The molecule has 0 atom stereocenters. The van der Waals surface area contributed by atoms with Crippen molar-refractivity contribution in [3.05, 3.63) is 75.4 Å². The van der Waals surface area contributed by atoms with Crippen molar-refractivity contribution in [3.8, 4) is 5.75 Å². The number of Topliss-reactive ketones (excluding diaryl/α,β-unsaturated/α-hetero) is 1. The summed E-state index contributed by atoms with van der Waals surface area (Å²) in [6.07, 6.45) is 0. The van der Waals surface area contributed by atoms with Crippen LogP contribution in [0.5, 0.6) is 5.75 Å². The average molecular weight is 476 g/mol. The number of esters is 1. The highest BCUT2D eigenvalue weighted by Crippen LogP contribution is 2.25. The van der Waals surface area contributed by atoms with E-state index in [1.165, 1.54) is 11.8 Å². The molecule has 0 saturated heterocycles. The number of thiophene rings is 1. The van der Waals surface area contributed by atoms with Gasteiger partial charge in [0, 0.05) is 16.6 Å². The highest BCUT2D eigenvalue weighted by atomic mass is 35.5. The number of methoxy groups -OCH3 is 1. The highest BCUT2D eigenvalue weighted by Gasteiger charge is 2.17. The Kier molecular flexibility index (Phi) is 8.11. The fraction of sp³-hybridized carbons (Fsp3) is 0.136. The second-order valence-electron chi connectivity index (χ2n) is 6.17. The molecule has 0 aliphatic carbocycles. The van der Waals surface area contributed by atoms with Gasteiger partial charge in [-0.3, -0.25) is 9.59 Å². The Morgan fingerprint density at radius 2 is 1.87 bits per heavy atom. The molecule has 3 aromatic rings. The normalized spacial score (nSPS) is 10.4. The first-order chi connectivity index (χ1) is 15.0. The quantitative estimate of drug-likeness (QED) is 0.261. The van der Waals surface area contributed by atoms with Gasteiger partial charge in [0.2, 0.25) is 11.7 Å². The van der Waals surface area contributed by atoms with Crippen molar-refractivity contribution in [2.75, 3.05) is 24.8 Å². The number of hydrogen-bond donors (Lipinski definition) is 1. The van der Waals surface area contributed by atoms with E-state index in [1.54, 1.807) is 67.8 Å². The van der Waals surface area contributed by atoms with Crippen LogP contribution in [0.25, 0.3) is 0 Å². The summed E-state index contributed by atoms with van der Waals surface area (Å²) in [5.74, 6) is -0.460. The Bertz CT molecular complexity index is 1100. The summed E-state index contributed by atoms with van der Waals surface area (Å²) < 4.78 is 10.8. The number of hydrogen-bond acceptors (Lipinski definition) is 7. The lowest BCUT2D eigenvalue weighted by atomic mass is 10.2. The Labute approximate surface area is 192 Å². The van der Waals surface area contributed by atoms with Crippen LogP contribution in [-0.4, -0.2) is 37.1 Å². The number of ketones is 1. The summed E-state index contributed by atoms with van der Waals surface area (Å²) in [6.45, 7) is -0.384. The highest BCUT2D eigenvalue weighted by molar-refractivity contribution is 8.00. The molecule has 1 aromatic heterocycles. The predicted octanol–water partition coefficient (Wildman–Crippen LogP) is 5.18. The Morgan fingerprint density at radius 3 is 2.61 bits per heavy atom. The van der Waals surface area contributed by atoms with Crippen LogP contribution < -0.4 is 10.1 Å². The van der Waals surface area contributed by atoms with Gasteiger partial charge in [0.05, 0.1) is 27.6 Å². The van der Waals surface area contributed by atoms with Crippen molar-refractivity contribution in [2.24, 2.45) is 0 Å². The molecule has 31 heavy (non-hydrogen) atoms. The monoisotopic (exact) mass is 475 g/mol. The number of anilines is 1. The van der Waals surface area contributed by atoms with Crippen LogP contribution in [0.2, 0.25) is 4.34 Å². The summed E-state index contributed by atoms with van der Waals surface area (Å²) in [5, 5.41) is 2.79. The zero-order valence-corrected chi connectivity index (χ0v) is 18.8. The SMILES string of the molecule is COc1cccc(NC(=O)CSc2ccccc2C(=O)OCC(=O)c2ccc(Cl)s2)c1. The van der Waals surface area contributed by atoms with E-state index in [0.717, 1.165) is 11.3 Å². The first-order valence-corrected chi connectivity index (χ1v) is 11.3. The molecule has 0 saturated carbocycles. The zero-order chi connectivity index (χ0) is 22.2. The Hall–Kier alpha value is -2.81. The number of nitrogens with one attached hydrogen (secondary N) is 1. The van der Waals surface area contributed by atoms with Gasteiger partial charge in [0.15, 0.2) is 6.61 Å². The van der Waals surface area contributed by atoms with Crippen LogP contribution in [-0.2, 0) is 9.53 Å². The van der Waals surface area contributed by atoms with E-state index >= 15 is 0 Å². The fourth-order valence-electron chi connectivity index (χ4n) is 2.55. The Balaban J connectivity index is 1.57. The largest absolute Gasteiger partial charge is 0.497 e. The molecule has 160 valence electrons. The minimum atomic E-state index is -0.632. The molecule has 2 aromatic carbocycles. The summed E-state index contributed by atoms with van der Waals surface area (Å²) in [6, 6.07) is 17.0. The third-order valence-corrected chi connectivity index (χ3v) is 6.35.